The number of hydrogen-bond acceptors (Lipinski definition) is 6. The number of hydrogen-bond donors (Lipinski definition) is 1. The van der Waals surface area contributed by atoms with Crippen LogP contribution in [0.3, 0.4) is 0 Å². The minimum Gasteiger partial charge on any atom is -0.378 e. The topological polar surface area (TPSA) is 75.1 Å². The molecule has 0 spiro atoms. The number of fused-ring (bicyclic) bond motifs is 1. The number of benzene rings is 1. The lowest BCUT2D eigenvalue weighted by molar-refractivity contribution is 0.122. The van der Waals surface area contributed by atoms with Crippen molar-refractivity contribution < 1.29 is 4.74 Å². The number of nitrogens with zero attached hydrogens (tertiary/aromatic N) is 6. The maximum atomic E-state index is 5.58. The van der Waals surface area contributed by atoms with E-state index < -0.39 is 0 Å². The molecule has 8 heteroatoms. The van der Waals surface area contributed by atoms with Crippen molar-refractivity contribution in [1.29, 1.82) is 0 Å². The van der Waals surface area contributed by atoms with E-state index in [0.29, 0.717) is 6.04 Å². The lowest BCUT2D eigenvalue weighted by atomic mass is 9.98. The zero-order valence-electron chi connectivity index (χ0n) is 22.2. The Labute approximate surface area is 218 Å². The molecule has 4 aromatic rings. The summed E-state index contributed by atoms with van der Waals surface area (Å²) >= 11 is 0. The van der Waals surface area contributed by atoms with Crippen LogP contribution in [0.15, 0.2) is 36.9 Å². The van der Waals surface area contributed by atoms with Crippen LogP contribution < -0.4 is 4.90 Å². The van der Waals surface area contributed by atoms with Gasteiger partial charge in [0.25, 0.3) is 0 Å². The number of rotatable bonds is 6. The fourth-order valence-electron chi connectivity index (χ4n) is 5.94. The first-order valence-corrected chi connectivity index (χ1v) is 13.7. The summed E-state index contributed by atoms with van der Waals surface area (Å²) in [5.74, 6) is 0. The number of piperidine rings is 1. The van der Waals surface area contributed by atoms with E-state index in [2.05, 4.69) is 58.6 Å². The first kappa shape index (κ1) is 24.1. The van der Waals surface area contributed by atoms with Gasteiger partial charge in [0.1, 0.15) is 5.52 Å². The molecular formula is C29H37N7O. The van der Waals surface area contributed by atoms with Gasteiger partial charge in [-0.25, -0.2) is 9.97 Å². The summed E-state index contributed by atoms with van der Waals surface area (Å²) in [6.07, 6.45) is 11.3. The number of morpholine rings is 1. The summed E-state index contributed by atoms with van der Waals surface area (Å²) in [5.41, 5.74) is 9.84. The van der Waals surface area contributed by atoms with Gasteiger partial charge in [0.15, 0.2) is 5.65 Å². The van der Waals surface area contributed by atoms with Crippen LogP contribution in [0.1, 0.15) is 43.9 Å². The fourth-order valence-corrected chi connectivity index (χ4v) is 5.94. The van der Waals surface area contributed by atoms with Crippen LogP contribution in [0.25, 0.3) is 33.5 Å². The maximum Gasteiger partial charge on any atom is 0.156 e. The Kier molecular flexibility index (Phi) is 6.69. The van der Waals surface area contributed by atoms with Crippen LogP contribution in [0, 0.1) is 6.92 Å². The van der Waals surface area contributed by atoms with Gasteiger partial charge < -0.3 is 19.5 Å². The number of H-pyrrole nitrogens is 1. The standard InChI is InChI=1S/C29H37N7O/c1-4-21-15-22(14-20(3)28(21)35-10-12-37-13-11-35)26-18-31-29-27(33-26)25(17-30-29)23-16-32-36(19-23)24-6-8-34(5-2)9-7-24/h14-19,24H,4-13H2,1-3H3,(H,30,31). The summed E-state index contributed by atoms with van der Waals surface area (Å²) < 4.78 is 7.74. The Bertz CT molecular complexity index is 1380. The molecule has 2 aliphatic heterocycles. The van der Waals surface area contributed by atoms with Gasteiger partial charge in [-0.1, -0.05) is 13.8 Å². The molecule has 0 radical (unpaired) electrons. The Hall–Kier alpha value is -3.23. The van der Waals surface area contributed by atoms with Crippen LogP contribution in [-0.2, 0) is 11.2 Å². The van der Waals surface area contributed by atoms with Gasteiger partial charge in [-0.05, 0) is 56.0 Å². The van der Waals surface area contributed by atoms with Gasteiger partial charge in [0.2, 0.25) is 0 Å². The van der Waals surface area contributed by atoms with Gasteiger partial charge in [0.05, 0.1) is 37.3 Å². The number of likely N-dealkylation sites (tertiary alicyclic amines) is 1. The van der Waals surface area contributed by atoms with Crippen molar-refractivity contribution in [3.8, 4) is 22.4 Å². The van der Waals surface area contributed by atoms with Crippen molar-refractivity contribution in [2.45, 2.75) is 46.1 Å². The predicted octanol–water partition coefficient (Wildman–Crippen LogP) is 4.85. The monoisotopic (exact) mass is 499 g/mol. The Morgan fingerprint density at radius 2 is 1.84 bits per heavy atom. The van der Waals surface area contributed by atoms with E-state index in [1.165, 1.54) is 16.8 Å². The molecule has 6 rings (SSSR count). The predicted molar refractivity (Wildman–Crippen MR) is 148 cm³/mol. The number of anilines is 1. The van der Waals surface area contributed by atoms with E-state index in [9.17, 15) is 0 Å². The van der Waals surface area contributed by atoms with Gasteiger partial charge in [-0.3, -0.25) is 4.68 Å². The van der Waals surface area contributed by atoms with Crippen molar-refractivity contribution in [2.24, 2.45) is 0 Å². The van der Waals surface area contributed by atoms with Crippen molar-refractivity contribution >= 4 is 16.9 Å². The molecular weight excluding hydrogens is 462 g/mol. The van der Waals surface area contributed by atoms with E-state index in [1.807, 2.05) is 18.6 Å². The minimum absolute atomic E-state index is 0.462. The minimum atomic E-state index is 0.462. The molecule has 0 saturated carbocycles. The van der Waals surface area contributed by atoms with E-state index in [0.717, 1.165) is 98.7 Å². The second-order valence-corrected chi connectivity index (χ2v) is 10.3. The third-order valence-electron chi connectivity index (χ3n) is 8.06. The molecule has 2 aliphatic rings. The molecule has 5 heterocycles. The second kappa shape index (κ2) is 10.3. The highest BCUT2D eigenvalue weighted by molar-refractivity contribution is 5.91. The molecule has 0 atom stereocenters. The van der Waals surface area contributed by atoms with Gasteiger partial charge in [-0.15, -0.1) is 0 Å². The number of nitrogens with one attached hydrogen (secondary N) is 1. The normalized spacial score (nSPS) is 17.6. The molecule has 0 aliphatic carbocycles. The summed E-state index contributed by atoms with van der Waals surface area (Å²) in [6.45, 7) is 13.5. The average Bonchev–Trinajstić information content (AvgIpc) is 3.60. The summed E-state index contributed by atoms with van der Waals surface area (Å²) in [5, 5.41) is 4.74. The Morgan fingerprint density at radius 1 is 1.03 bits per heavy atom. The molecule has 0 bridgehead atoms. The molecule has 37 heavy (non-hydrogen) atoms. The highest BCUT2D eigenvalue weighted by Crippen LogP contribution is 2.34. The molecule has 8 nitrogen and oxygen atoms in total. The highest BCUT2D eigenvalue weighted by atomic mass is 16.5. The van der Waals surface area contributed by atoms with Gasteiger partial charge >= 0.3 is 0 Å². The lowest BCUT2D eigenvalue weighted by Gasteiger charge is -2.32. The third-order valence-corrected chi connectivity index (χ3v) is 8.06. The Morgan fingerprint density at radius 3 is 2.59 bits per heavy atom. The van der Waals surface area contributed by atoms with E-state index in [4.69, 9.17) is 19.8 Å². The van der Waals surface area contributed by atoms with Crippen LogP contribution in [0.2, 0.25) is 0 Å². The van der Waals surface area contributed by atoms with E-state index >= 15 is 0 Å². The van der Waals surface area contributed by atoms with Crippen molar-refractivity contribution in [2.75, 3.05) is 50.8 Å². The van der Waals surface area contributed by atoms with E-state index in [-0.39, 0.29) is 0 Å². The molecule has 3 aromatic heterocycles. The molecule has 0 amide bonds. The highest BCUT2D eigenvalue weighted by Gasteiger charge is 2.22. The van der Waals surface area contributed by atoms with Crippen molar-refractivity contribution in [1.82, 2.24) is 29.6 Å². The molecule has 1 aromatic carbocycles. The SMILES string of the molecule is CCc1cc(-c2cnc3[nH]cc(-c4cnn(C5CCN(CC)CC5)c4)c3n2)cc(C)c1N1CCOCC1. The quantitative estimate of drug-likeness (QED) is 0.409. The summed E-state index contributed by atoms with van der Waals surface area (Å²) in [6, 6.07) is 5.01. The first-order chi connectivity index (χ1) is 18.1. The third kappa shape index (κ3) is 4.64. The molecule has 0 unspecified atom stereocenters. The fraction of sp³-hybridized carbons (Fsp3) is 0.483. The molecule has 194 valence electrons. The lowest BCUT2D eigenvalue weighted by Crippen LogP contribution is -2.37. The van der Waals surface area contributed by atoms with Crippen LogP contribution in [-0.4, -0.2) is 75.6 Å². The number of aryl methyl sites for hydroxylation is 2. The zero-order chi connectivity index (χ0) is 25.4. The first-order valence-electron chi connectivity index (χ1n) is 13.7. The average molecular weight is 500 g/mol. The van der Waals surface area contributed by atoms with E-state index in [1.54, 1.807) is 0 Å². The van der Waals surface area contributed by atoms with Crippen LogP contribution in [0.5, 0.6) is 0 Å². The largest absolute Gasteiger partial charge is 0.378 e. The zero-order valence-corrected chi connectivity index (χ0v) is 22.2. The number of aromatic amines is 1. The smallest absolute Gasteiger partial charge is 0.156 e. The van der Waals surface area contributed by atoms with Crippen LogP contribution in [0.4, 0.5) is 5.69 Å². The Balaban J connectivity index is 1.31. The summed E-state index contributed by atoms with van der Waals surface area (Å²) in [7, 11) is 0. The molecule has 2 saturated heterocycles. The maximum absolute atomic E-state index is 5.58. The second-order valence-electron chi connectivity index (χ2n) is 10.3. The molecule has 1 N–H and O–H groups in total. The summed E-state index contributed by atoms with van der Waals surface area (Å²) in [4.78, 5) is 18.1. The molecule has 2 fully saturated rings. The van der Waals surface area contributed by atoms with Gasteiger partial charge in [0, 0.05) is 61.0 Å². The number of ether oxygens (including phenoxy) is 1. The number of aromatic nitrogens is 5. The van der Waals surface area contributed by atoms with Crippen molar-refractivity contribution in [3.05, 3.63) is 48.0 Å². The van der Waals surface area contributed by atoms with Gasteiger partial charge in [-0.2, -0.15) is 5.10 Å². The van der Waals surface area contributed by atoms with Crippen molar-refractivity contribution in [3.63, 3.8) is 0 Å². The van der Waals surface area contributed by atoms with Crippen LogP contribution >= 0.6 is 0 Å².